The van der Waals surface area contributed by atoms with E-state index < -0.39 is 23.8 Å². The number of anilines is 1. The minimum atomic E-state index is -0.769. The van der Waals surface area contributed by atoms with Crippen LogP contribution in [0.2, 0.25) is 0 Å². The molecule has 7 nitrogen and oxygen atoms in total. The number of carbonyl (C=O) groups is 3. The average molecular weight is 414 g/mol. The molecule has 2 aliphatic rings. The minimum Gasteiger partial charge on any atom is -0.395 e. The molecule has 0 aromatic heterocycles. The molecule has 1 heterocycles. The van der Waals surface area contributed by atoms with Crippen molar-refractivity contribution in [1.82, 2.24) is 10.2 Å². The van der Waals surface area contributed by atoms with Crippen molar-refractivity contribution in [2.45, 2.75) is 33.2 Å². The van der Waals surface area contributed by atoms with E-state index in [0.29, 0.717) is 0 Å². The van der Waals surface area contributed by atoms with Gasteiger partial charge in [0.05, 0.1) is 18.4 Å². The molecular weight excluding hydrogens is 382 g/mol. The van der Waals surface area contributed by atoms with Crippen LogP contribution in [0.15, 0.2) is 30.4 Å². The highest BCUT2D eigenvalue weighted by atomic mass is 16.3. The van der Waals surface area contributed by atoms with E-state index in [2.05, 4.69) is 10.6 Å². The molecule has 1 aromatic carbocycles. The molecule has 0 unspecified atom stereocenters. The number of rotatable bonds is 6. The van der Waals surface area contributed by atoms with Gasteiger partial charge in [-0.25, -0.2) is 0 Å². The fourth-order valence-corrected chi connectivity index (χ4v) is 4.97. The number of nitrogens with one attached hydrogen (secondary N) is 2. The third-order valence-corrected chi connectivity index (χ3v) is 6.47. The Morgan fingerprint density at radius 3 is 2.37 bits per heavy atom. The number of benzene rings is 1. The second kappa shape index (κ2) is 9.00. The SMILES string of the molecule is CC[C@@H]1C=C[C@H]2[C@@H](C(=O)N(CCO)[C@@H]2C(=O)Nc2c(C)cccc2C)[C@@H]1C(=O)NC. The van der Waals surface area contributed by atoms with Gasteiger partial charge in [-0.2, -0.15) is 0 Å². The zero-order chi connectivity index (χ0) is 22.0. The summed E-state index contributed by atoms with van der Waals surface area (Å²) in [5.74, 6) is -2.34. The molecule has 1 aliphatic carbocycles. The van der Waals surface area contributed by atoms with Crippen LogP contribution < -0.4 is 10.6 Å². The number of hydrogen-bond acceptors (Lipinski definition) is 4. The molecule has 3 amide bonds. The highest BCUT2D eigenvalue weighted by molar-refractivity contribution is 6.02. The summed E-state index contributed by atoms with van der Waals surface area (Å²) in [7, 11) is 1.57. The second-order valence-corrected chi connectivity index (χ2v) is 8.16. The number of amides is 3. The van der Waals surface area contributed by atoms with Crippen molar-refractivity contribution in [3.63, 3.8) is 0 Å². The molecule has 0 bridgehead atoms. The maximum Gasteiger partial charge on any atom is 0.247 e. The van der Waals surface area contributed by atoms with Crippen molar-refractivity contribution < 1.29 is 19.5 Å². The number of hydrogen-bond donors (Lipinski definition) is 3. The van der Waals surface area contributed by atoms with E-state index in [1.165, 1.54) is 4.90 Å². The zero-order valence-electron chi connectivity index (χ0n) is 18.0. The van der Waals surface area contributed by atoms with Gasteiger partial charge < -0.3 is 20.6 Å². The summed E-state index contributed by atoms with van der Waals surface area (Å²) in [6.07, 6.45) is 4.61. The van der Waals surface area contributed by atoms with Crippen LogP contribution in [0.3, 0.4) is 0 Å². The first-order chi connectivity index (χ1) is 14.3. The van der Waals surface area contributed by atoms with E-state index in [9.17, 15) is 19.5 Å². The summed E-state index contributed by atoms with van der Waals surface area (Å²) in [6, 6.07) is 5.00. The monoisotopic (exact) mass is 413 g/mol. The Kier molecular flexibility index (Phi) is 6.61. The molecule has 1 saturated heterocycles. The zero-order valence-corrected chi connectivity index (χ0v) is 18.0. The third-order valence-electron chi connectivity index (χ3n) is 6.47. The van der Waals surface area contributed by atoms with E-state index in [-0.39, 0.29) is 36.8 Å². The van der Waals surface area contributed by atoms with E-state index in [0.717, 1.165) is 23.2 Å². The number of aliphatic hydroxyl groups is 1. The first-order valence-electron chi connectivity index (χ1n) is 10.5. The van der Waals surface area contributed by atoms with Gasteiger partial charge in [0.15, 0.2) is 0 Å². The molecule has 162 valence electrons. The van der Waals surface area contributed by atoms with Crippen molar-refractivity contribution in [2.24, 2.45) is 23.7 Å². The van der Waals surface area contributed by atoms with Gasteiger partial charge in [-0.15, -0.1) is 0 Å². The van der Waals surface area contributed by atoms with E-state index >= 15 is 0 Å². The van der Waals surface area contributed by atoms with Crippen molar-refractivity contribution in [2.75, 3.05) is 25.5 Å². The smallest absolute Gasteiger partial charge is 0.247 e. The number of para-hydroxylation sites is 1. The Morgan fingerprint density at radius 1 is 1.13 bits per heavy atom. The molecule has 1 aliphatic heterocycles. The Balaban J connectivity index is 1.99. The Morgan fingerprint density at radius 2 is 1.80 bits per heavy atom. The summed E-state index contributed by atoms with van der Waals surface area (Å²) >= 11 is 0. The van der Waals surface area contributed by atoms with Gasteiger partial charge in [0, 0.05) is 25.2 Å². The number of aliphatic hydroxyl groups excluding tert-OH is 1. The van der Waals surface area contributed by atoms with Gasteiger partial charge in [-0.05, 0) is 37.3 Å². The first kappa shape index (κ1) is 22.0. The molecule has 3 rings (SSSR count). The Labute approximate surface area is 177 Å². The topological polar surface area (TPSA) is 98.7 Å². The number of fused-ring (bicyclic) bond motifs is 1. The molecule has 5 atom stereocenters. The lowest BCUT2D eigenvalue weighted by molar-refractivity contribution is -0.140. The van der Waals surface area contributed by atoms with Crippen LogP contribution in [0.4, 0.5) is 5.69 Å². The molecule has 0 radical (unpaired) electrons. The highest BCUT2D eigenvalue weighted by Crippen LogP contribution is 2.45. The van der Waals surface area contributed by atoms with E-state index in [1.54, 1.807) is 7.05 Å². The maximum absolute atomic E-state index is 13.4. The number of aryl methyl sites for hydroxylation is 2. The predicted molar refractivity (Wildman–Crippen MR) is 115 cm³/mol. The van der Waals surface area contributed by atoms with E-state index in [1.807, 2.05) is 51.1 Å². The fourth-order valence-electron chi connectivity index (χ4n) is 4.97. The number of nitrogens with zero attached hydrogens (tertiary/aromatic N) is 1. The van der Waals surface area contributed by atoms with Gasteiger partial charge in [0.2, 0.25) is 17.7 Å². The number of carbonyl (C=O) groups excluding carboxylic acids is 3. The first-order valence-corrected chi connectivity index (χ1v) is 10.5. The average Bonchev–Trinajstić information content (AvgIpc) is 3.01. The summed E-state index contributed by atoms with van der Waals surface area (Å²) in [5.41, 5.74) is 2.61. The van der Waals surface area contributed by atoms with Crippen molar-refractivity contribution in [3.05, 3.63) is 41.5 Å². The quantitative estimate of drug-likeness (QED) is 0.618. The van der Waals surface area contributed by atoms with Gasteiger partial charge in [0.25, 0.3) is 0 Å². The van der Waals surface area contributed by atoms with Crippen molar-refractivity contribution in [3.8, 4) is 0 Å². The van der Waals surface area contributed by atoms with Crippen LogP contribution in [0.5, 0.6) is 0 Å². The lowest BCUT2D eigenvalue weighted by atomic mass is 9.69. The van der Waals surface area contributed by atoms with Crippen LogP contribution in [-0.2, 0) is 14.4 Å². The molecule has 0 saturated carbocycles. The Bertz CT molecular complexity index is 846. The Hall–Kier alpha value is -2.67. The largest absolute Gasteiger partial charge is 0.395 e. The van der Waals surface area contributed by atoms with Crippen molar-refractivity contribution in [1.29, 1.82) is 0 Å². The maximum atomic E-state index is 13.4. The molecule has 7 heteroatoms. The van der Waals surface area contributed by atoms with Crippen LogP contribution in [0, 0.1) is 37.5 Å². The predicted octanol–water partition coefficient (Wildman–Crippen LogP) is 1.64. The highest BCUT2D eigenvalue weighted by Gasteiger charge is 2.56. The number of allylic oxidation sites excluding steroid dienone is 1. The lowest BCUT2D eigenvalue weighted by Gasteiger charge is -2.33. The minimum absolute atomic E-state index is 0.0573. The molecule has 1 aromatic rings. The molecule has 0 spiro atoms. The van der Waals surface area contributed by atoms with Crippen molar-refractivity contribution >= 4 is 23.4 Å². The second-order valence-electron chi connectivity index (χ2n) is 8.16. The molecule has 1 fully saturated rings. The van der Waals surface area contributed by atoms with E-state index in [4.69, 9.17) is 0 Å². The molecule has 30 heavy (non-hydrogen) atoms. The fraction of sp³-hybridized carbons (Fsp3) is 0.522. The van der Waals surface area contributed by atoms with Crippen LogP contribution in [0.1, 0.15) is 24.5 Å². The summed E-state index contributed by atoms with van der Waals surface area (Å²) in [5, 5.41) is 15.2. The van der Waals surface area contributed by atoms with Gasteiger partial charge >= 0.3 is 0 Å². The van der Waals surface area contributed by atoms with Gasteiger partial charge in [-0.1, -0.05) is 37.3 Å². The summed E-state index contributed by atoms with van der Waals surface area (Å²) in [4.78, 5) is 40.8. The summed E-state index contributed by atoms with van der Waals surface area (Å²) < 4.78 is 0. The number of β-amino-alcohol motifs (C(OH)–C–C–N with tert-alkyl or cyclic N) is 1. The van der Waals surface area contributed by atoms with Gasteiger partial charge in [0.1, 0.15) is 6.04 Å². The molecular formula is C23H31N3O4. The standard InChI is InChI=1S/C23H31N3O4/c1-5-15-9-10-16-18(17(15)21(28)24-4)23(30)26(11-12-27)20(16)22(29)25-19-13(2)7-6-8-14(19)3/h6-10,15-18,20,27H,5,11-12H2,1-4H3,(H,24,28)(H,25,29)/t15-,16+,17-,18-,20+/m1/s1. The normalized spacial score (nSPS) is 27.7. The molecule has 3 N–H and O–H groups in total. The van der Waals surface area contributed by atoms with Crippen LogP contribution in [-0.4, -0.2) is 54.0 Å². The lowest BCUT2D eigenvalue weighted by Crippen LogP contribution is -2.45. The number of likely N-dealkylation sites (tertiary alicyclic amines) is 1. The van der Waals surface area contributed by atoms with Crippen LogP contribution in [0.25, 0.3) is 0 Å². The van der Waals surface area contributed by atoms with Crippen LogP contribution >= 0.6 is 0 Å². The van der Waals surface area contributed by atoms with Gasteiger partial charge in [-0.3, -0.25) is 14.4 Å². The third kappa shape index (κ3) is 3.74. The summed E-state index contributed by atoms with van der Waals surface area (Å²) in [6.45, 7) is 5.64.